The van der Waals surface area contributed by atoms with Gasteiger partial charge in [0.05, 0.1) is 4.92 Å². The summed E-state index contributed by atoms with van der Waals surface area (Å²) in [5.74, 6) is 0. The third-order valence-corrected chi connectivity index (χ3v) is 4.68. The van der Waals surface area contributed by atoms with Gasteiger partial charge in [-0.3, -0.25) is 14.8 Å². The highest BCUT2D eigenvalue weighted by atomic mass is 32.2. The summed E-state index contributed by atoms with van der Waals surface area (Å²) < 4.78 is 26.8. The Labute approximate surface area is 125 Å². The largest absolute Gasteiger partial charge is 0.380 e. The molecule has 1 heterocycles. The van der Waals surface area contributed by atoms with E-state index >= 15 is 0 Å². The van der Waals surface area contributed by atoms with Crippen LogP contribution in [-0.2, 0) is 10.0 Å². The SMILES string of the molecule is CCNc1cccc(S(=O)(=O)Nc2nccs2)c1[N+](=O)[O-]. The molecular weight excluding hydrogens is 316 g/mol. The van der Waals surface area contributed by atoms with Gasteiger partial charge < -0.3 is 5.32 Å². The second-order valence-corrected chi connectivity index (χ2v) is 6.43. The average molecular weight is 328 g/mol. The molecule has 0 atom stereocenters. The number of hydrogen-bond donors (Lipinski definition) is 2. The molecule has 2 aromatic rings. The summed E-state index contributed by atoms with van der Waals surface area (Å²) in [6.07, 6.45) is 1.44. The van der Waals surface area contributed by atoms with Gasteiger partial charge in [0, 0.05) is 18.1 Å². The van der Waals surface area contributed by atoms with E-state index in [2.05, 4.69) is 15.0 Å². The van der Waals surface area contributed by atoms with E-state index < -0.39 is 25.5 Å². The minimum atomic E-state index is -4.08. The van der Waals surface area contributed by atoms with Crippen molar-refractivity contribution in [1.82, 2.24) is 4.98 Å². The Morgan fingerprint density at radius 1 is 1.43 bits per heavy atom. The molecule has 1 aromatic heterocycles. The molecule has 0 spiro atoms. The van der Waals surface area contributed by atoms with E-state index in [1.165, 1.54) is 24.4 Å². The van der Waals surface area contributed by atoms with E-state index in [1.54, 1.807) is 12.3 Å². The van der Waals surface area contributed by atoms with Crippen LogP contribution in [0.15, 0.2) is 34.7 Å². The van der Waals surface area contributed by atoms with Crippen LogP contribution in [0.3, 0.4) is 0 Å². The minimum absolute atomic E-state index is 0.151. The zero-order valence-electron chi connectivity index (χ0n) is 10.9. The lowest BCUT2D eigenvalue weighted by molar-refractivity contribution is -0.386. The molecule has 0 radical (unpaired) electrons. The summed E-state index contributed by atoms with van der Waals surface area (Å²) in [6.45, 7) is 2.20. The summed E-state index contributed by atoms with van der Waals surface area (Å²) in [5, 5.41) is 15.8. The van der Waals surface area contributed by atoms with Gasteiger partial charge in [0.2, 0.25) is 0 Å². The Hall–Kier alpha value is -2.20. The summed E-state index contributed by atoms with van der Waals surface area (Å²) in [7, 11) is -4.08. The number of anilines is 2. The molecule has 10 heteroatoms. The van der Waals surface area contributed by atoms with Crippen LogP contribution >= 0.6 is 11.3 Å². The van der Waals surface area contributed by atoms with E-state index in [9.17, 15) is 18.5 Å². The summed E-state index contributed by atoms with van der Waals surface area (Å²) in [6, 6.07) is 4.10. The number of nitrogens with one attached hydrogen (secondary N) is 2. The molecule has 0 aliphatic heterocycles. The molecule has 2 N–H and O–H groups in total. The number of nitro groups is 1. The molecule has 8 nitrogen and oxygen atoms in total. The van der Waals surface area contributed by atoms with Crippen LogP contribution in [0.25, 0.3) is 0 Å². The molecule has 0 aliphatic carbocycles. The molecular formula is C11H12N4O4S2. The van der Waals surface area contributed by atoms with Gasteiger partial charge in [-0.15, -0.1) is 11.3 Å². The first-order valence-corrected chi connectivity index (χ1v) is 8.25. The number of hydrogen-bond acceptors (Lipinski definition) is 7. The third kappa shape index (κ3) is 3.28. The third-order valence-electron chi connectivity index (χ3n) is 2.49. The number of thiazole rings is 1. The standard InChI is InChI=1S/C11H12N4O4S2/c1-2-12-8-4-3-5-9(10(8)15(16)17)21(18,19)14-11-13-6-7-20-11/h3-7,12H,2H2,1H3,(H,13,14). The second kappa shape index (κ2) is 6.06. The normalized spacial score (nSPS) is 11.1. The van der Waals surface area contributed by atoms with Gasteiger partial charge in [0.25, 0.3) is 10.0 Å². The lowest BCUT2D eigenvalue weighted by Crippen LogP contribution is -2.15. The van der Waals surface area contributed by atoms with Crippen LogP contribution in [0.1, 0.15) is 6.92 Å². The molecule has 0 saturated heterocycles. The molecule has 1 aromatic carbocycles. The molecule has 0 bridgehead atoms. The molecule has 0 fully saturated rings. The van der Waals surface area contributed by atoms with Crippen molar-refractivity contribution in [2.24, 2.45) is 0 Å². The monoisotopic (exact) mass is 328 g/mol. The fourth-order valence-electron chi connectivity index (χ4n) is 1.70. The van der Waals surface area contributed by atoms with Gasteiger partial charge in [0.1, 0.15) is 5.69 Å². The van der Waals surface area contributed by atoms with Crippen LogP contribution in [-0.4, -0.2) is 24.9 Å². The van der Waals surface area contributed by atoms with Crippen molar-refractivity contribution in [2.45, 2.75) is 11.8 Å². The molecule has 0 saturated carbocycles. The van der Waals surface area contributed by atoms with Gasteiger partial charge in [0.15, 0.2) is 10.0 Å². The molecule has 0 amide bonds. The molecule has 0 unspecified atom stereocenters. The number of sulfonamides is 1. The van der Waals surface area contributed by atoms with E-state index in [-0.39, 0.29) is 10.8 Å². The molecule has 2 rings (SSSR count). The zero-order chi connectivity index (χ0) is 15.5. The van der Waals surface area contributed by atoms with Crippen molar-refractivity contribution >= 4 is 37.9 Å². The summed E-state index contributed by atoms with van der Waals surface area (Å²) in [5.41, 5.74) is -0.326. The predicted octanol–water partition coefficient (Wildman–Crippen LogP) is 2.28. The molecule has 112 valence electrons. The van der Waals surface area contributed by atoms with Crippen LogP contribution in [0.4, 0.5) is 16.5 Å². The highest BCUT2D eigenvalue weighted by molar-refractivity contribution is 7.93. The van der Waals surface area contributed by atoms with E-state index in [0.717, 1.165) is 11.3 Å². The number of benzene rings is 1. The number of nitro benzene ring substituents is 1. The van der Waals surface area contributed by atoms with Gasteiger partial charge in [-0.25, -0.2) is 13.4 Å². The fourth-order valence-corrected chi connectivity index (χ4v) is 3.69. The van der Waals surface area contributed by atoms with E-state index in [4.69, 9.17) is 0 Å². The minimum Gasteiger partial charge on any atom is -0.380 e. The smallest absolute Gasteiger partial charge is 0.312 e. The fraction of sp³-hybridized carbons (Fsp3) is 0.182. The Morgan fingerprint density at radius 3 is 2.76 bits per heavy atom. The molecule has 0 aliphatic rings. The van der Waals surface area contributed by atoms with E-state index in [1.807, 2.05) is 0 Å². The van der Waals surface area contributed by atoms with Gasteiger partial charge >= 0.3 is 5.69 Å². The topological polar surface area (TPSA) is 114 Å². The van der Waals surface area contributed by atoms with Gasteiger partial charge in [-0.1, -0.05) is 6.07 Å². The van der Waals surface area contributed by atoms with Gasteiger partial charge in [-0.05, 0) is 19.1 Å². The lowest BCUT2D eigenvalue weighted by Gasteiger charge is -2.09. The summed E-state index contributed by atoms with van der Waals surface area (Å²) >= 11 is 1.09. The van der Waals surface area contributed by atoms with Crippen molar-refractivity contribution in [3.05, 3.63) is 39.9 Å². The Morgan fingerprint density at radius 2 is 2.19 bits per heavy atom. The Balaban J connectivity index is 2.52. The van der Waals surface area contributed by atoms with Crippen LogP contribution < -0.4 is 10.0 Å². The van der Waals surface area contributed by atoms with Crippen LogP contribution in [0.5, 0.6) is 0 Å². The predicted molar refractivity (Wildman–Crippen MR) is 80.2 cm³/mol. The highest BCUT2D eigenvalue weighted by Crippen LogP contribution is 2.33. The van der Waals surface area contributed by atoms with Gasteiger partial charge in [-0.2, -0.15) is 0 Å². The first kappa shape index (κ1) is 15.2. The highest BCUT2D eigenvalue weighted by Gasteiger charge is 2.29. The van der Waals surface area contributed by atoms with Crippen molar-refractivity contribution in [1.29, 1.82) is 0 Å². The number of para-hydroxylation sites is 1. The van der Waals surface area contributed by atoms with Crippen molar-refractivity contribution < 1.29 is 13.3 Å². The maximum atomic E-state index is 12.3. The second-order valence-electron chi connectivity index (χ2n) is 3.88. The van der Waals surface area contributed by atoms with Crippen LogP contribution in [0, 0.1) is 10.1 Å². The van der Waals surface area contributed by atoms with Crippen molar-refractivity contribution in [2.75, 3.05) is 16.6 Å². The quantitative estimate of drug-likeness (QED) is 0.621. The zero-order valence-corrected chi connectivity index (χ0v) is 12.6. The Kier molecular flexibility index (Phi) is 4.38. The van der Waals surface area contributed by atoms with Crippen molar-refractivity contribution in [3.63, 3.8) is 0 Å². The van der Waals surface area contributed by atoms with Crippen molar-refractivity contribution in [3.8, 4) is 0 Å². The first-order valence-electron chi connectivity index (χ1n) is 5.89. The number of nitrogens with zero attached hydrogens (tertiary/aromatic N) is 2. The van der Waals surface area contributed by atoms with E-state index in [0.29, 0.717) is 6.54 Å². The maximum absolute atomic E-state index is 12.3. The average Bonchev–Trinajstić information content (AvgIpc) is 2.90. The first-order chi connectivity index (χ1) is 9.95. The maximum Gasteiger partial charge on any atom is 0.312 e. The summed E-state index contributed by atoms with van der Waals surface area (Å²) in [4.78, 5) is 13.9. The lowest BCUT2D eigenvalue weighted by atomic mass is 10.2. The number of rotatable bonds is 6. The number of aromatic nitrogens is 1. The van der Waals surface area contributed by atoms with Crippen LogP contribution in [0.2, 0.25) is 0 Å². The molecule has 21 heavy (non-hydrogen) atoms. The Bertz CT molecular complexity index is 744.